The first-order chi connectivity index (χ1) is 10.2. The lowest BCUT2D eigenvalue weighted by Gasteiger charge is -2.06. The van der Waals surface area contributed by atoms with Gasteiger partial charge in [-0.3, -0.25) is 14.5 Å². The quantitative estimate of drug-likeness (QED) is 0.408. The van der Waals surface area contributed by atoms with Crippen molar-refractivity contribution >= 4 is 33.6 Å². The SMILES string of the molecule is O=[N+]([O-])c1ccc(CCl)cc1OCc1cn2ccsc2n1. The third-order valence-corrected chi connectivity index (χ3v) is 3.97. The highest BCUT2D eigenvalue weighted by Crippen LogP contribution is 2.29. The second kappa shape index (κ2) is 5.71. The summed E-state index contributed by atoms with van der Waals surface area (Å²) in [6.45, 7) is 0.168. The largest absolute Gasteiger partial charge is 0.480 e. The Bertz CT molecular complexity index is 770. The van der Waals surface area contributed by atoms with Crippen LogP contribution in [0.15, 0.2) is 36.0 Å². The Morgan fingerprint density at radius 2 is 2.33 bits per heavy atom. The number of aromatic nitrogens is 2. The molecule has 0 aliphatic carbocycles. The van der Waals surface area contributed by atoms with Crippen molar-refractivity contribution in [1.82, 2.24) is 9.38 Å². The second-order valence-corrected chi connectivity index (χ2v) is 5.45. The Balaban J connectivity index is 1.83. The Hall–Kier alpha value is -2.12. The van der Waals surface area contributed by atoms with Crippen LogP contribution in [-0.2, 0) is 12.5 Å². The number of halogens is 1. The summed E-state index contributed by atoms with van der Waals surface area (Å²) < 4.78 is 7.44. The molecular formula is C13H10ClN3O3S. The van der Waals surface area contributed by atoms with E-state index in [2.05, 4.69) is 4.98 Å². The van der Waals surface area contributed by atoms with Crippen molar-refractivity contribution < 1.29 is 9.66 Å². The number of hydrogen-bond donors (Lipinski definition) is 0. The van der Waals surface area contributed by atoms with Gasteiger partial charge in [0.05, 0.1) is 10.6 Å². The van der Waals surface area contributed by atoms with Crippen LogP contribution in [0.2, 0.25) is 0 Å². The van der Waals surface area contributed by atoms with Crippen molar-refractivity contribution in [3.63, 3.8) is 0 Å². The molecule has 0 N–H and O–H groups in total. The smallest absolute Gasteiger partial charge is 0.310 e. The number of benzene rings is 1. The highest BCUT2D eigenvalue weighted by Gasteiger charge is 2.16. The number of ether oxygens (including phenoxy) is 1. The van der Waals surface area contributed by atoms with E-state index in [0.29, 0.717) is 5.69 Å². The van der Waals surface area contributed by atoms with Crippen LogP contribution in [0.4, 0.5) is 5.69 Å². The minimum Gasteiger partial charge on any atom is -0.480 e. The molecular weight excluding hydrogens is 314 g/mol. The number of nitro groups is 1. The first kappa shape index (κ1) is 13.8. The summed E-state index contributed by atoms with van der Waals surface area (Å²) >= 11 is 7.26. The zero-order chi connectivity index (χ0) is 14.8. The van der Waals surface area contributed by atoms with Gasteiger partial charge in [-0.25, -0.2) is 4.98 Å². The maximum absolute atomic E-state index is 11.0. The molecule has 3 aromatic rings. The van der Waals surface area contributed by atoms with Crippen LogP contribution in [-0.4, -0.2) is 14.3 Å². The number of nitro benzene ring substituents is 1. The fourth-order valence-corrected chi connectivity index (χ4v) is 2.79. The number of thiazole rings is 1. The van der Waals surface area contributed by atoms with E-state index in [-0.39, 0.29) is 23.9 Å². The van der Waals surface area contributed by atoms with Crippen LogP contribution in [0.25, 0.3) is 4.96 Å². The second-order valence-electron chi connectivity index (χ2n) is 4.31. The molecule has 3 rings (SSSR count). The molecule has 2 heterocycles. The van der Waals surface area contributed by atoms with Crippen molar-refractivity contribution in [2.24, 2.45) is 0 Å². The minimum absolute atomic E-state index is 0.0788. The molecule has 21 heavy (non-hydrogen) atoms. The normalized spacial score (nSPS) is 10.9. The molecule has 0 saturated heterocycles. The number of alkyl halides is 1. The van der Waals surface area contributed by atoms with Gasteiger partial charge in [-0.2, -0.15) is 0 Å². The first-order valence-corrected chi connectivity index (χ1v) is 7.46. The molecule has 0 bridgehead atoms. The molecule has 6 nitrogen and oxygen atoms in total. The van der Waals surface area contributed by atoms with Crippen LogP contribution in [0.5, 0.6) is 5.75 Å². The predicted octanol–water partition coefficient (Wildman–Crippen LogP) is 3.62. The standard InChI is InChI=1S/C13H10ClN3O3S/c14-6-9-1-2-11(17(18)19)12(5-9)20-8-10-7-16-3-4-21-13(16)15-10/h1-5,7H,6,8H2. The Morgan fingerprint density at radius 1 is 1.48 bits per heavy atom. The molecule has 0 aliphatic heterocycles. The van der Waals surface area contributed by atoms with Gasteiger partial charge in [0.15, 0.2) is 10.7 Å². The van der Waals surface area contributed by atoms with Crippen LogP contribution in [0.1, 0.15) is 11.3 Å². The van der Waals surface area contributed by atoms with Crippen molar-refractivity contribution in [3.8, 4) is 5.75 Å². The van der Waals surface area contributed by atoms with Crippen molar-refractivity contribution in [3.05, 3.63) is 57.3 Å². The Kier molecular flexibility index (Phi) is 3.76. The maximum Gasteiger partial charge on any atom is 0.310 e. The monoisotopic (exact) mass is 323 g/mol. The summed E-state index contributed by atoms with van der Waals surface area (Å²) in [7, 11) is 0. The van der Waals surface area contributed by atoms with Gasteiger partial charge in [0, 0.05) is 29.7 Å². The third-order valence-electron chi connectivity index (χ3n) is 2.89. The van der Waals surface area contributed by atoms with E-state index >= 15 is 0 Å². The average molecular weight is 324 g/mol. The van der Waals surface area contributed by atoms with Gasteiger partial charge in [0.1, 0.15) is 6.61 Å². The summed E-state index contributed by atoms with van der Waals surface area (Å²) in [6, 6.07) is 4.60. The molecule has 8 heteroatoms. The molecule has 0 aliphatic rings. The summed E-state index contributed by atoms with van der Waals surface area (Å²) in [5.41, 5.74) is 1.40. The molecule has 0 fully saturated rings. The average Bonchev–Trinajstić information content (AvgIpc) is 3.05. The van der Waals surface area contributed by atoms with Gasteiger partial charge in [-0.15, -0.1) is 22.9 Å². The number of imidazole rings is 1. The van der Waals surface area contributed by atoms with Gasteiger partial charge in [-0.1, -0.05) is 6.07 Å². The highest BCUT2D eigenvalue weighted by molar-refractivity contribution is 7.15. The Labute approximate surface area is 128 Å². The van der Waals surface area contributed by atoms with Crippen LogP contribution < -0.4 is 4.74 Å². The van der Waals surface area contributed by atoms with E-state index < -0.39 is 4.92 Å². The lowest BCUT2D eigenvalue weighted by Crippen LogP contribution is -2.00. The number of fused-ring (bicyclic) bond motifs is 1. The van der Waals surface area contributed by atoms with Crippen molar-refractivity contribution in [2.45, 2.75) is 12.5 Å². The van der Waals surface area contributed by atoms with Crippen molar-refractivity contribution in [2.75, 3.05) is 0 Å². The molecule has 108 valence electrons. The number of nitrogens with zero attached hydrogens (tertiary/aromatic N) is 3. The van der Waals surface area contributed by atoms with Crippen molar-refractivity contribution in [1.29, 1.82) is 0 Å². The van der Waals surface area contributed by atoms with E-state index in [1.54, 1.807) is 12.1 Å². The minimum atomic E-state index is -0.473. The van der Waals surface area contributed by atoms with Crippen LogP contribution in [0.3, 0.4) is 0 Å². The van der Waals surface area contributed by atoms with Gasteiger partial charge >= 0.3 is 5.69 Å². The van der Waals surface area contributed by atoms with Gasteiger partial charge in [0.2, 0.25) is 0 Å². The molecule has 0 saturated carbocycles. The lowest BCUT2D eigenvalue weighted by atomic mass is 10.2. The van der Waals surface area contributed by atoms with Gasteiger partial charge < -0.3 is 4.74 Å². The molecule has 2 aromatic heterocycles. The zero-order valence-electron chi connectivity index (χ0n) is 10.7. The van der Waals surface area contributed by atoms with E-state index in [1.807, 2.05) is 22.2 Å². The van der Waals surface area contributed by atoms with Gasteiger partial charge in [0.25, 0.3) is 0 Å². The molecule has 1 aromatic carbocycles. The maximum atomic E-state index is 11.0. The van der Waals surface area contributed by atoms with Crippen LogP contribution in [0, 0.1) is 10.1 Å². The number of hydrogen-bond acceptors (Lipinski definition) is 5. The van der Waals surface area contributed by atoms with Gasteiger partial charge in [-0.05, 0) is 11.6 Å². The van der Waals surface area contributed by atoms with E-state index in [0.717, 1.165) is 10.5 Å². The molecule has 0 atom stereocenters. The molecule has 0 radical (unpaired) electrons. The Morgan fingerprint density at radius 3 is 3.05 bits per heavy atom. The van der Waals surface area contributed by atoms with Crippen LogP contribution >= 0.6 is 22.9 Å². The lowest BCUT2D eigenvalue weighted by molar-refractivity contribution is -0.386. The fraction of sp³-hybridized carbons (Fsp3) is 0.154. The summed E-state index contributed by atoms with van der Waals surface area (Å²) in [6.07, 6.45) is 3.73. The first-order valence-electron chi connectivity index (χ1n) is 6.04. The van der Waals surface area contributed by atoms with E-state index in [9.17, 15) is 10.1 Å². The number of rotatable bonds is 5. The summed E-state index contributed by atoms with van der Waals surface area (Å²) in [4.78, 5) is 15.8. The third kappa shape index (κ3) is 2.84. The molecule has 0 unspecified atom stereocenters. The predicted molar refractivity (Wildman–Crippen MR) is 80.1 cm³/mol. The topological polar surface area (TPSA) is 69.7 Å². The summed E-state index contributed by atoms with van der Waals surface area (Å²) in [5.74, 6) is 0.476. The zero-order valence-corrected chi connectivity index (χ0v) is 12.3. The molecule has 0 spiro atoms. The van der Waals surface area contributed by atoms with E-state index in [1.165, 1.54) is 17.4 Å². The van der Waals surface area contributed by atoms with E-state index in [4.69, 9.17) is 16.3 Å². The molecule has 0 amide bonds. The summed E-state index contributed by atoms with van der Waals surface area (Å²) in [5, 5.41) is 12.9. The fourth-order valence-electron chi connectivity index (χ4n) is 1.91. The highest BCUT2D eigenvalue weighted by atomic mass is 35.5.